The maximum Gasteiger partial charge on any atom is 0.0125 e. The highest BCUT2D eigenvalue weighted by molar-refractivity contribution is 4.78. The van der Waals surface area contributed by atoms with Crippen LogP contribution in [0, 0.1) is 6.92 Å². The van der Waals surface area contributed by atoms with Crippen molar-refractivity contribution in [1.29, 1.82) is 0 Å². The van der Waals surface area contributed by atoms with E-state index in [0.29, 0.717) is 0 Å². The lowest BCUT2D eigenvalue weighted by Gasteiger charge is -2.19. The highest BCUT2D eigenvalue weighted by Crippen LogP contribution is 1.97. The molecule has 0 aliphatic heterocycles. The van der Waals surface area contributed by atoms with Gasteiger partial charge in [0.15, 0.2) is 0 Å². The maximum absolute atomic E-state index is 3.93. The van der Waals surface area contributed by atoms with Crippen molar-refractivity contribution in [3.05, 3.63) is 6.92 Å². The Morgan fingerprint density at radius 2 is 2.00 bits per heavy atom. The molecule has 55 valence electrons. The zero-order valence-corrected chi connectivity index (χ0v) is 6.83. The van der Waals surface area contributed by atoms with Crippen LogP contribution < -0.4 is 5.32 Å². The summed E-state index contributed by atoms with van der Waals surface area (Å²) in [5.41, 5.74) is 0.0508. The van der Waals surface area contributed by atoms with Gasteiger partial charge < -0.3 is 5.32 Å². The second-order valence-electron chi connectivity index (χ2n) is 3.16. The standard InChI is InChI=1S/C8H18N/c1-5-6-7-9-8(2,3)4/h9H,2,5-7H2,1,3-4H3. The third-order valence-electron chi connectivity index (χ3n) is 1.13. The molecule has 0 aromatic rings. The Labute approximate surface area is 58.8 Å². The Balaban J connectivity index is 3.07. The van der Waals surface area contributed by atoms with E-state index in [0.717, 1.165) is 6.54 Å². The molecular weight excluding hydrogens is 110 g/mol. The summed E-state index contributed by atoms with van der Waals surface area (Å²) in [6, 6.07) is 0. The fourth-order valence-electron chi connectivity index (χ4n) is 0.604. The predicted molar refractivity (Wildman–Crippen MR) is 42.3 cm³/mol. The number of nitrogens with one attached hydrogen (secondary N) is 1. The van der Waals surface area contributed by atoms with Gasteiger partial charge >= 0.3 is 0 Å². The van der Waals surface area contributed by atoms with E-state index in [4.69, 9.17) is 0 Å². The van der Waals surface area contributed by atoms with E-state index < -0.39 is 0 Å². The van der Waals surface area contributed by atoms with Gasteiger partial charge in [0.1, 0.15) is 0 Å². The van der Waals surface area contributed by atoms with Crippen LogP contribution in [-0.2, 0) is 0 Å². The van der Waals surface area contributed by atoms with Crippen molar-refractivity contribution in [2.75, 3.05) is 6.54 Å². The zero-order chi connectivity index (χ0) is 7.33. The molecule has 0 bridgehead atoms. The Hall–Kier alpha value is -0.0400. The van der Waals surface area contributed by atoms with Gasteiger partial charge in [-0.1, -0.05) is 13.3 Å². The van der Waals surface area contributed by atoms with Crippen molar-refractivity contribution in [2.24, 2.45) is 0 Å². The van der Waals surface area contributed by atoms with Gasteiger partial charge in [-0.15, -0.1) is 0 Å². The molecule has 0 fully saturated rings. The van der Waals surface area contributed by atoms with Gasteiger partial charge in [0.2, 0.25) is 0 Å². The van der Waals surface area contributed by atoms with E-state index in [-0.39, 0.29) is 5.54 Å². The summed E-state index contributed by atoms with van der Waals surface area (Å²) in [5, 5.41) is 3.31. The van der Waals surface area contributed by atoms with Gasteiger partial charge in [0, 0.05) is 5.54 Å². The number of rotatable bonds is 4. The molecule has 0 rings (SSSR count). The summed E-state index contributed by atoms with van der Waals surface area (Å²) >= 11 is 0. The molecular formula is C8H18N. The average Bonchev–Trinajstić information content (AvgIpc) is 1.63. The molecule has 1 heteroatoms. The smallest absolute Gasteiger partial charge is 0.0125 e. The van der Waals surface area contributed by atoms with Gasteiger partial charge in [-0.3, -0.25) is 0 Å². The van der Waals surface area contributed by atoms with Gasteiger partial charge in [0.05, 0.1) is 0 Å². The van der Waals surface area contributed by atoms with E-state index in [2.05, 4.69) is 33.0 Å². The maximum atomic E-state index is 3.93. The molecule has 0 saturated carbocycles. The largest absolute Gasteiger partial charge is 0.312 e. The lowest BCUT2D eigenvalue weighted by molar-refractivity contribution is 0.463. The molecule has 0 aliphatic rings. The van der Waals surface area contributed by atoms with Crippen molar-refractivity contribution < 1.29 is 0 Å². The lowest BCUT2D eigenvalue weighted by Crippen LogP contribution is -2.36. The SMILES string of the molecule is [CH2]C(C)(C)NCCCC. The summed E-state index contributed by atoms with van der Waals surface area (Å²) in [5.74, 6) is 0. The first kappa shape index (κ1) is 8.96. The van der Waals surface area contributed by atoms with Gasteiger partial charge in [-0.25, -0.2) is 0 Å². The summed E-state index contributed by atoms with van der Waals surface area (Å²) in [6.45, 7) is 11.4. The van der Waals surface area contributed by atoms with Crippen LogP contribution in [0.2, 0.25) is 0 Å². The molecule has 0 aliphatic carbocycles. The van der Waals surface area contributed by atoms with Crippen LogP contribution in [0.15, 0.2) is 0 Å². The Bertz CT molecular complexity index is 61.5. The Morgan fingerprint density at radius 3 is 2.33 bits per heavy atom. The van der Waals surface area contributed by atoms with Crippen LogP contribution in [0.3, 0.4) is 0 Å². The third-order valence-corrected chi connectivity index (χ3v) is 1.13. The van der Waals surface area contributed by atoms with Gasteiger partial charge in [-0.2, -0.15) is 0 Å². The minimum Gasteiger partial charge on any atom is -0.312 e. The molecule has 9 heavy (non-hydrogen) atoms. The fourth-order valence-corrected chi connectivity index (χ4v) is 0.604. The summed E-state index contributed by atoms with van der Waals surface area (Å²) in [4.78, 5) is 0. The van der Waals surface area contributed by atoms with E-state index in [1.807, 2.05) is 0 Å². The van der Waals surface area contributed by atoms with Crippen molar-refractivity contribution >= 4 is 0 Å². The van der Waals surface area contributed by atoms with Crippen LogP contribution in [0.5, 0.6) is 0 Å². The van der Waals surface area contributed by atoms with Crippen LogP contribution >= 0.6 is 0 Å². The average molecular weight is 128 g/mol. The number of hydrogen-bond acceptors (Lipinski definition) is 1. The second kappa shape index (κ2) is 3.89. The topological polar surface area (TPSA) is 12.0 Å². The summed E-state index contributed by atoms with van der Waals surface area (Å²) < 4.78 is 0. The van der Waals surface area contributed by atoms with Crippen LogP contribution in [0.4, 0.5) is 0 Å². The molecule has 0 atom stereocenters. The predicted octanol–water partition coefficient (Wildman–Crippen LogP) is 1.99. The van der Waals surface area contributed by atoms with Crippen molar-refractivity contribution in [3.63, 3.8) is 0 Å². The van der Waals surface area contributed by atoms with Gasteiger partial charge in [-0.05, 0) is 33.7 Å². The highest BCUT2D eigenvalue weighted by atomic mass is 14.9. The molecule has 0 aromatic heterocycles. The number of hydrogen-bond donors (Lipinski definition) is 1. The normalized spacial score (nSPS) is 12.0. The Morgan fingerprint density at radius 1 is 1.44 bits per heavy atom. The first-order valence-electron chi connectivity index (χ1n) is 3.66. The van der Waals surface area contributed by atoms with Crippen molar-refractivity contribution in [1.82, 2.24) is 5.32 Å². The second-order valence-corrected chi connectivity index (χ2v) is 3.16. The van der Waals surface area contributed by atoms with Crippen LogP contribution in [0.25, 0.3) is 0 Å². The molecule has 1 N–H and O–H groups in total. The third kappa shape index (κ3) is 7.96. The fraction of sp³-hybridized carbons (Fsp3) is 0.875. The van der Waals surface area contributed by atoms with E-state index in [9.17, 15) is 0 Å². The quantitative estimate of drug-likeness (QED) is 0.571. The molecule has 0 unspecified atom stereocenters. The summed E-state index contributed by atoms with van der Waals surface area (Å²) in [6.07, 6.45) is 2.50. The van der Waals surface area contributed by atoms with Crippen LogP contribution in [0.1, 0.15) is 33.6 Å². The minimum atomic E-state index is 0.0508. The Kier molecular flexibility index (Phi) is 3.87. The van der Waals surface area contributed by atoms with Crippen LogP contribution in [-0.4, -0.2) is 12.1 Å². The van der Waals surface area contributed by atoms with Crippen molar-refractivity contribution in [3.8, 4) is 0 Å². The van der Waals surface area contributed by atoms with Gasteiger partial charge in [0.25, 0.3) is 0 Å². The molecule has 1 radical (unpaired) electrons. The van der Waals surface area contributed by atoms with E-state index >= 15 is 0 Å². The zero-order valence-electron chi connectivity index (χ0n) is 6.83. The first-order valence-corrected chi connectivity index (χ1v) is 3.66. The molecule has 0 amide bonds. The van der Waals surface area contributed by atoms with Crippen molar-refractivity contribution in [2.45, 2.75) is 39.2 Å². The first-order chi connectivity index (χ1) is 4.06. The van der Waals surface area contributed by atoms with E-state index in [1.54, 1.807) is 0 Å². The molecule has 0 saturated heterocycles. The monoisotopic (exact) mass is 128 g/mol. The molecule has 0 spiro atoms. The molecule has 0 aromatic carbocycles. The van der Waals surface area contributed by atoms with E-state index in [1.165, 1.54) is 12.8 Å². The molecule has 0 heterocycles. The minimum absolute atomic E-state index is 0.0508. The summed E-state index contributed by atoms with van der Waals surface area (Å²) in [7, 11) is 0. The highest BCUT2D eigenvalue weighted by Gasteiger charge is 2.06. The number of unbranched alkanes of at least 4 members (excludes halogenated alkanes) is 1. The lowest BCUT2D eigenvalue weighted by atomic mass is 10.1. The molecule has 1 nitrogen and oxygen atoms in total.